The Bertz CT molecular complexity index is 947. The Hall–Kier alpha value is -2.88. The fraction of sp³-hybridized carbons (Fsp3) is 0.353. The summed E-state index contributed by atoms with van der Waals surface area (Å²) in [6.07, 6.45) is 2.34. The predicted molar refractivity (Wildman–Crippen MR) is 101 cm³/mol. The standard InChI is InChI=1S/C17H20N6O3S/c1-11-5-12(2)7-15(6-11)26-13(3)16-19-20-17(21(16)4)27-10-22-9-14(8-18-22)23(24)25/h5-9,13H,10H2,1-4H3. The molecule has 0 fully saturated rings. The lowest BCUT2D eigenvalue weighted by atomic mass is 10.1. The monoisotopic (exact) mass is 388 g/mol. The summed E-state index contributed by atoms with van der Waals surface area (Å²) in [5.41, 5.74) is 2.24. The second-order valence-electron chi connectivity index (χ2n) is 6.25. The van der Waals surface area contributed by atoms with Gasteiger partial charge in [0.1, 0.15) is 18.1 Å². The Morgan fingerprint density at radius 1 is 1.26 bits per heavy atom. The van der Waals surface area contributed by atoms with Crippen LogP contribution in [-0.4, -0.2) is 29.5 Å². The highest BCUT2D eigenvalue weighted by Gasteiger charge is 2.18. The number of ether oxygens (including phenoxy) is 1. The largest absolute Gasteiger partial charge is 0.483 e. The van der Waals surface area contributed by atoms with Crippen molar-refractivity contribution in [2.75, 3.05) is 0 Å². The van der Waals surface area contributed by atoms with Gasteiger partial charge in [-0.25, -0.2) is 0 Å². The minimum atomic E-state index is -0.472. The number of benzene rings is 1. The zero-order valence-corrected chi connectivity index (χ0v) is 16.3. The molecule has 27 heavy (non-hydrogen) atoms. The van der Waals surface area contributed by atoms with Crippen molar-refractivity contribution in [2.24, 2.45) is 7.05 Å². The molecule has 1 unspecified atom stereocenters. The molecule has 0 aliphatic heterocycles. The van der Waals surface area contributed by atoms with Gasteiger partial charge in [0.15, 0.2) is 17.1 Å². The van der Waals surface area contributed by atoms with Gasteiger partial charge in [-0.2, -0.15) is 5.10 Å². The Kier molecular flexibility index (Phi) is 5.45. The van der Waals surface area contributed by atoms with Gasteiger partial charge in [-0.1, -0.05) is 17.8 Å². The summed E-state index contributed by atoms with van der Waals surface area (Å²) >= 11 is 1.39. The first kappa shape index (κ1) is 18.9. The highest BCUT2D eigenvalue weighted by Crippen LogP contribution is 2.25. The number of rotatable bonds is 7. The van der Waals surface area contributed by atoms with Gasteiger partial charge in [-0.3, -0.25) is 14.8 Å². The van der Waals surface area contributed by atoms with E-state index in [1.165, 1.54) is 28.8 Å². The maximum Gasteiger partial charge on any atom is 0.307 e. The number of hydrogen-bond acceptors (Lipinski definition) is 7. The quantitative estimate of drug-likeness (QED) is 0.347. The molecule has 3 aromatic rings. The molecule has 0 saturated heterocycles. The molecule has 1 atom stereocenters. The first-order valence-corrected chi connectivity index (χ1v) is 9.26. The van der Waals surface area contributed by atoms with Crippen molar-refractivity contribution in [1.82, 2.24) is 24.5 Å². The second kappa shape index (κ2) is 7.78. The van der Waals surface area contributed by atoms with Crippen LogP contribution in [-0.2, 0) is 12.9 Å². The number of aromatic nitrogens is 5. The topological polar surface area (TPSA) is 101 Å². The number of hydrogen-bond donors (Lipinski definition) is 0. The molecule has 142 valence electrons. The molecular formula is C17H20N6O3S. The molecule has 0 N–H and O–H groups in total. The van der Waals surface area contributed by atoms with Gasteiger partial charge in [0.25, 0.3) is 0 Å². The third kappa shape index (κ3) is 4.45. The van der Waals surface area contributed by atoms with E-state index in [9.17, 15) is 10.1 Å². The average Bonchev–Trinajstić information content (AvgIpc) is 3.19. The fourth-order valence-electron chi connectivity index (χ4n) is 2.71. The van der Waals surface area contributed by atoms with E-state index in [-0.39, 0.29) is 11.8 Å². The first-order chi connectivity index (χ1) is 12.8. The summed E-state index contributed by atoms with van der Waals surface area (Å²) in [4.78, 5) is 10.2. The normalized spacial score (nSPS) is 12.1. The van der Waals surface area contributed by atoms with Gasteiger partial charge in [0.05, 0.1) is 10.8 Å². The van der Waals surface area contributed by atoms with E-state index in [0.717, 1.165) is 16.9 Å². The lowest BCUT2D eigenvalue weighted by molar-refractivity contribution is -0.385. The molecule has 0 aliphatic carbocycles. The van der Waals surface area contributed by atoms with Crippen LogP contribution in [0.25, 0.3) is 0 Å². The molecule has 10 heteroatoms. The Labute approximate surface area is 160 Å². The van der Waals surface area contributed by atoms with E-state index in [0.29, 0.717) is 16.9 Å². The molecule has 3 rings (SSSR count). The van der Waals surface area contributed by atoms with Crippen molar-refractivity contribution in [2.45, 2.75) is 37.9 Å². The van der Waals surface area contributed by atoms with Gasteiger partial charge >= 0.3 is 5.69 Å². The molecule has 0 spiro atoms. The Morgan fingerprint density at radius 2 is 1.96 bits per heavy atom. The average molecular weight is 388 g/mol. The van der Waals surface area contributed by atoms with Gasteiger partial charge < -0.3 is 9.30 Å². The third-order valence-corrected chi connectivity index (χ3v) is 4.90. The second-order valence-corrected chi connectivity index (χ2v) is 7.16. The van der Waals surface area contributed by atoms with Crippen molar-refractivity contribution in [1.29, 1.82) is 0 Å². The lowest BCUT2D eigenvalue weighted by Crippen LogP contribution is -2.10. The molecule has 2 aromatic heterocycles. The molecule has 0 aliphatic rings. The van der Waals surface area contributed by atoms with Gasteiger partial charge in [0, 0.05) is 7.05 Å². The van der Waals surface area contributed by atoms with Crippen LogP contribution >= 0.6 is 11.8 Å². The number of nitro groups is 1. The molecule has 2 heterocycles. The minimum absolute atomic E-state index is 0.0373. The van der Waals surface area contributed by atoms with Crippen LogP contribution in [0.1, 0.15) is 30.0 Å². The van der Waals surface area contributed by atoms with Crippen LogP contribution in [0.4, 0.5) is 5.69 Å². The minimum Gasteiger partial charge on any atom is -0.483 e. The zero-order chi connectivity index (χ0) is 19.6. The van der Waals surface area contributed by atoms with Gasteiger partial charge in [0.2, 0.25) is 0 Å². The molecule has 9 nitrogen and oxygen atoms in total. The Balaban J connectivity index is 1.67. The van der Waals surface area contributed by atoms with E-state index in [1.54, 1.807) is 0 Å². The maximum atomic E-state index is 10.7. The summed E-state index contributed by atoms with van der Waals surface area (Å²) in [6.45, 7) is 5.98. The first-order valence-electron chi connectivity index (χ1n) is 8.27. The Morgan fingerprint density at radius 3 is 2.59 bits per heavy atom. The van der Waals surface area contributed by atoms with Crippen molar-refractivity contribution >= 4 is 17.4 Å². The molecule has 0 radical (unpaired) electrons. The number of thioether (sulfide) groups is 1. The van der Waals surface area contributed by atoms with Gasteiger partial charge in [-0.05, 0) is 44.0 Å². The van der Waals surface area contributed by atoms with Gasteiger partial charge in [-0.15, -0.1) is 10.2 Å². The van der Waals surface area contributed by atoms with E-state index in [2.05, 4.69) is 21.4 Å². The highest BCUT2D eigenvalue weighted by molar-refractivity contribution is 7.98. The smallest absolute Gasteiger partial charge is 0.307 e. The fourth-order valence-corrected chi connectivity index (χ4v) is 3.48. The van der Waals surface area contributed by atoms with Crippen molar-refractivity contribution in [3.05, 3.63) is 57.7 Å². The lowest BCUT2D eigenvalue weighted by Gasteiger charge is -2.15. The summed E-state index contributed by atoms with van der Waals surface area (Å²) in [6, 6.07) is 6.06. The predicted octanol–water partition coefficient (Wildman–Crippen LogP) is 3.43. The van der Waals surface area contributed by atoms with E-state index in [1.807, 2.05) is 44.5 Å². The zero-order valence-electron chi connectivity index (χ0n) is 15.5. The maximum absolute atomic E-state index is 10.7. The molecule has 0 saturated carbocycles. The molecule has 0 bridgehead atoms. The molecule has 1 aromatic carbocycles. The van der Waals surface area contributed by atoms with Crippen molar-refractivity contribution in [3.63, 3.8) is 0 Å². The van der Waals surface area contributed by atoms with Crippen LogP contribution in [0.3, 0.4) is 0 Å². The van der Waals surface area contributed by atoms with E-state index < -0.39 is 4.92 Å². The summed E-state index contributed by atoms with van der Waals surface area (Å²) in [5, 5.41) is 23.8. The molecular weight excluding hydrogens is 368 g/mol. The molecule has 0 amide bonds. The summed E-state index contributed by atoms with van der Waals surface area (Å²) in [7, 11) is 1.87. The summed E-state index contributed by atoms with van der Waals surface area (Å²) in [5.74, 6) is 1.88. The van der Waals surface area contributed by atoms with Crippen LogP contribution in [0.5, 0.6) is 5.75 Å². The highest BCUT2D eigenvalue weighted by atomic mass is 32.2. The van der Waals surface area contributed by atoms with Crippen LogP contribution in [0.15, 0.2) is 35.7 Å². The summed E-state index contributed by atoms with van der Waals surface area (Å²) < 4.78 is 9.37. The van der Waals surface area contributed by atoms with Crippen molar-refractivity contribution < 1.29 is 9.66 Å². The SMILES string of the molecule is Cc1cc(C)cc(OC(C)c2nnc(SCn3cc([N+](=O)[O-])cn3)n2C)c1. The van der Waals surface area contributed by atoms with Crippen LogP contribution in [0, 0.1) is 24.0 Å². The van der Waals surface area contributed by atoms with Crippen LogP contribution in [0.2, 0.25) is 0 Å². The van der Waals surface area contributed by atoms with Crippen molar-refractivity contribution in [3.8, 4) is 5.75 Å². The van der Waals surface area contributed by atoms with E-state index in [4.69, 9.17) is 4.74 Å². The number of nitrogens with zero attached hydrogens (tertiary/aromatic N) is 6. The number of aryl methyl sites for hydroxylation is 2. The van der Waals surface area contributed by atoms with E-state index >= 15 is 0 Å². The third-order valence-electron chi connectivity index (χ3n) is 3.90. The van der Waals surface area contributed by atoms with Crippen LogP contribution < -0.4 is 4.74 Å².